The maximum atomic E-state index is 5.31. The predicted octanol–water partition coefficient (Wildman–Crippen LogP) is 10.3. The third-order valence-corrected chi connectivity index (χ3v) is 10.3. The van der Waals surface area contributed by atoms with Gasteiger partial charge in [-0.05, 0) is 63.1 Å². The zero-order valence-electron chi connectivity index (χ0n) is 23.3. The van der Waals surface area contributed by atoms with E-state index in [2.05, 4.69) is 106 Å². The van der Waals surface area contributed by atoms with Crippen molar-refractivity contribution in [3.63, 3.8) is 0 Å². The van der Waals surface area contributed by atoms with Crippen molar-refractivity contribution in [2.24, 2.45) is 0 Å². The number of nitrogens with zero attached hydrogens (tertiary/aromatic N) is 1. The lowest BCUT2D eigenvalue weighted by molar-refractivity contribution is 1.36. The zero-order valence-corrected chi connectivity index (χ0v) is 25.8. The van der Waals surface area contributed by atoms with Gasteiger partial charge in [-0.1, -0.05) is 90.4 Å². The van der Waals surface area contributed by atoms with Gasteiger partial charge < -0.3 is 0 Å². The highest BCUT2D eigenvalue weighted by molar-refractivity contribution is 7.20. The van der Waals surface area contributed by atoms with E-state index in [4.69, 9.17) is 4.98 Å². The molecule has 0 bridgehead atoms. The number of benzene rings is 3. The maximum absolute atomic E-state index is 5.31. The van der Waals surface area contributed by atoms with E-state index in [1.807, 2.05) is 36.4 Å². The minimum absolute atomic E-state index is 1.02. The standard InChI is InChI=1S/C37H27NS3/c1-24-31(22-20-28-14-8-5-9-15-28)39-26(3)33(24)35-36(41-37(38-35)30-18-12-7-13-19-30)34-25(2)32(40-27(34)4)23-21-29-16-10-6-11-17-29/h5-19H,1-4H3. The van der Waals surface area contributed by atoms with Gasteiger partial charge in [0.25, 0.3) is 0 Å². The summed E-state index contributed by atoms with van der Waals surface area (Å²) in [6.45, 7) is 8.78. The molecule has 0 unspecified atom stereocenters. The fourth-order valence-corrected chi connectivity index (χ4v) is 8.23. The van der Waals surface area contributed by atoms with Gasteiger partial charge in [0.1, 0.15) is 5.01 Å². The lowest BCUT2D eigenvalue weighted by atomic mass is 10.0. The van der Waals surface area contributed by atoms with Crippen LogP contribution in [0.1, 0.15) is 41.8 Å². The lowest BCUT2D eigenvalue weighted by Gasteiger charge is -2.06. The van der Waals surface area contributed by atoms with Gasteiger partial charge >= 0.3 is 0 Å². The van der Waals surface area contributed by atoms with Crippen molar-refractivity contribution in [3.05, 3.63) is 133 Å². The van der Waals surface area contributed by atoms with Crippen LogP contribution in [0.4, 0.5) is 0 Å². The summed E-state index contributed by atoms with van der Waals surface area (Å²) in [4.78, 5) is 11.2. The first-order valence-corrected chi connectivity index (χ1v) is 15.9. The molecule has 0 aliphatic carbocycles. The Morgan fingerprint density at radius 2 is 0.976 bits per heavy atom. The van der Waals surface area contributed by atoms with Crippen LogP contribution in [0.15, 0.2) is 91.0 Å². The predicted molar refractivity (Wildman–Crippen MR) is 178 cm³/mol. The Balaban J connectivity index is 1.50. The summed E-state index contributed by atoms with van der Waals surface area (Å²) in [5.74, 6) is 13.6. The van der Waals surface area contributed by atoms with Crippen molar-refractivity contribution in [1.29, 1.82) is 0 Å². The molecule has 1 nitrogen and oxygen atoms in total. The molecule has 6 rings (SSSR count). The molecule has 41 heavy (non-hydrogen) atoms. The molecule has 0 saturated carbocycles. The van der Waals surface area contributed by atoms with E-state index in [0.717, 1.165) is 37.1 Å². The number of hydrogen-bond donors (Lipinski definition) is 0. The average molecular weight is 582 g/mol. The van der Waals surface area contributed by atoms with Crippen LogP contribution in [-0.2, 0) is 0 Å². The molecule has 3 heterocycles. The van der Waals surface area contributed by atoms with Crippen molar-refractivity contribution in [3.8, 4) is 56.0 Å². The largest absolute Gasteiger partial charge is 0.235 e. The van der Waals surface area contributed by atoms with Gasteiger partial charge in [-0.15, -0.1) is 34.0 Å². The summed E-state index contributed by atoms with van der Waals surface area (Å²) in [6.07, 6.45) is 0. The van der Waals surface area contributed by atoms with Crippen molar-refractivity contribution in [2.75, 3.05) is 0 Å². The molecule has 0 aliphatic heterocycles. The van der Waals surface area contributed by atoms with Crippen LogP contribution >= 0.6 is 34.0 Å². The van der Waals surface area contributed by atoms with E-state index in [1.54, 1.807) is 34.0 Å². The number of hydrogen-bond acceptors (Lipinski definition) is 4. The van der Waals surface area contributed by atoms with Gasteiger partial charge in [0.15, 0.2) is 0 Å². The Hall–Kier alpha value is -4.19. The fourth-order valence-electron chi connectivity index (χ4n) is 4.89. The van der Waals surface area contributed by atoms with E-state index in [1.165, 1.54) is 36.9 Å². The number of rotatable bonds is 3. The highest BCUT2D eigenvalue weighted by Crippen LogP contribution is 2.48. The van der Waals surface area contributed by atoms with Gasteiger partial charge in [-0.25, -0.2) is 4.98 Å². The summed E-state index contributed by atoms with van der Waals surface area (Å²) in [6, 6.07) is 30.8. The molecule has 0 N–H and O–H groups in total. The Labute approximate surface area is 254 Å². The smallest absolute Gasteiger partial charge is 0.124 e. The van der Waals surface area contributed by atoms with E-state index < -0.39 is 0 Å². The molecule has 0 spiro atoms. The van der Waals surface area contributed by atoms with Gasteiger partial charge in [-0.2, -0.15) is 0 Å². The third kappa shape index (κ3) is 5.56. The molecule has 0 atom stereocenters. The molecule has 4 heteroatoms. The molecule has 0 aliphatic rings. The Bertz CT molecular complexity index is 1840. The van der Waals surface area contributed by atoms with Crippen LogP contribution in [0.25, 0.3) is 32.3 Å². The SMILES string of the molecule is Cc1sc(C#Cc2ccccc2)c(C)c1-c1nc(-c2ccccc2)sc1-c1c(C)sc(C#Cc2ccccc2)c1C. The molecule has 0 radical (unpaired) electrons. The number of aryl methyl sites for hydroxylation is 2. The minimum atomic E-state index is 1.02. The highest BCUT2D eigenvalue weighted by Gasteiger charge is 2.25. The van der Waals surface area contributed by atoms with E-state index in [0.29, 0.717) is 0 Å². The summed E-state index contributed by atoms with van der Waals surface area (Å²) in [5, 5.41) is 1.03. The molecule has 3 aromatic heterocycles. The van der Waals surface area contributed by atoms with Crippen LogP contribution in [0.5, 0.6) is 0 Å². The first kappa shape index (κ1) is 27.0. The van der Waals surface area contributed by atoms with Crippen LogP contribution < -0.4 is 0 Å². The van der Waals surface area contributed by atoms with Crippen LogP contribution in [0.2, 0.25) is 0 Å². The molecule has 6 aromatic rings. The normalized spacial score (nSPS) is 10.5. The Morgan fingerprint density at radius 3 is 1.51 bits per heavy atom. The maximum Gasteiger partial charge on any atom is 0.124 e. The molecular formula is C37H27NS3. The van der Waals surface area contributed by atoms with Crippen LogP contribution in [0.3, 0.4) is 0 Å². The molecule has 3 aromatic carbocycles. The third-order valence-electron chi connectivity index (χ3n) is 6.95. The molecule has 198 valence electrons. The van der Waals surface area contributed by atoms with Gasteiger partial charge in [0.05, 0.1) is 20.3 Å². The summed E-state index contributed by atoms with van der Waals surface area (Å²) in [7, 11) is 0. The van der Waals surface area contributed by atoms with Gasteiger partial charge in [-0.3, -0.25) is 0 Å². The second-order valence-corrected chi connectivity index (χ2v) is 13.2. The summed E-state index contributed by atoms with van der Waals surface area (Å²) < 4.78 is 0. The number of aromatic nitrogens is 1. The van der Waals surface area contributed by atoms with E-state index in [-0.39, 0.29) is 0 Å². The minimum Gasteiger partial charge on any atom is -0.235 e. The van der Waals surface area contributed by atoms with E-state index in [9.17, 15) is 0 Å². The quantitative estimate of drug-likeness (QED) is 0.190. The van der Waals surface area contributed by atoms with Crippen molar-refractivity contribution in [1.82, 2.24) is 4.98 Å². The van der Waals surface area contributed by atoms with Gasteiger partial charge in [0.2, 0.25) is 0 Å². The number of thiophene rings is 2. The van der Waals surface area contributed by atoms with Crippen molar-refractivity contribution < 1.29 is 0 Å². The Kier molecular flexibility index (Phi) is 7.73. The first-order valence-electron chi connectivity index (χ1n) is 13.4. The Morgan fingerprint density at radius 1 is 0.512 bits per heavy atom. The first-order chi connectivity index (χ1) is 20.0. The highest BCUT2D eigenvalue weighted by atomic mass is 32.1. The topological polar surface area (TPSA) is 12.9 Å². The van der Waals surface area contributed by atoms with Crippen LogP contribution in [0, 0.1) is 51.4 Å². The second-order valence-electron chi connectivity index (χ2n) is 9.77. The second kappa shape index (κ2) is 11.7. The van der Waals surface area contributed by atoms with E-state index >= 15 is 0 Å². The molecular weight excluding hydrogens is 555 g/mol. The van der Waals surface area contributed by atoms with Crippen molar-refractivity contribution in [2.45, 2.75) is 27.7 Å². The summed E-state index contributed by atoms with van der Waals surface area (Å²) in [5.41, 5.74) is 9.08. The van der Waals surface area contributed by atoms with Crippen molar-refractivity contribution >= 4 is 34.0 Å². The average Bonchev–Trinajstić information content (AvgIpc) is 3.64. The number of thiazole rings is 1. The molecule has 0 amide bonds. The van der Waals surface area contributed by atoms with Gasteiger partial charge in [0, 0.05) is 37.6 Å². The monoisotopic (exact) mass is 581 g/mol. The fraction of sp³-hybridized carbons (Fsp3) is 0.108. The zero-order chi connectivity index (χ0) is 28.3. The lowest BCUT2D eigenvalue weighted by Crippen LogP contribution is -1.88. The summed E-state index contributed by atoms with van der Waals surface area (Å²) >= 11 is 5.29. The van der Waals surface area contributed by atoms with Crippen LogP contribution in [-0.4, -0.2) is 4.98 Å². The molecule has 0 saturated heterocycles. The molecule has 0 fully saturated rings.